The number of amides is 3. The summed E-state index contributed by atoms with van der Waals surface area (Å²) in [6.45, 7) is 6.61. The Morgan fingerprint density at radius 1 is 1.00 bits per heavy atom. The highest BCUT2D eigenvalue weighted by atomic mass is 19.4. The summed E-state index contributed by atoms with van der Waals surface area (Å²) >= 11 is 0. The molecule has 4 rings (SSSR count). The van der Waals surface area contributed by atoms with Crippen molar-refractivity contribution in [2.75, 3.05) is 43.9 Å². The third-order valence-electron chi connectivity index (χ3n) is 7.10. The van der Waals surface area contributed by atoms with E-state index >= 15 is 0 Å². The minimum absolute atomic E-state index is 0.0217. The number of benzene rings is 1. The molecule has 13 heteroatoms. The van der Waals surface area contributed by atoms with Crippen LogP contribution in [-0.2, 0) is 6.18 Å². The fourth-order valence-corrected chi connectivity index (χ4v) is 4.90. The van der Waals surface area contributed by atoms with Crippen molar-refractivity contribution < 1.29 is 22.8 Å². The molecule has 2 heterocycles. The highest BCUT2D eigenvalue weighted by Crippen LogP contribution is 2.35. The number of anilines is 3. The molecule has 1 saturated heterocycles. The molecule has 0 radical (unpaired) electrons. The predicted octanol–water partition coefficient (Wildman–Crippen LogP) is 4.06. The van der Waals surface area contributed by atoms with E-state index in [0.717, 1.165) is 32.1 Å². The van der Waals surface area contributed by atoms with Crippen molar-refractivity contribution in [3.63, 3.8) is 0 Å². The van der Waals surface area contributed by atoms with Crippen LogP contribution < -0.4 is 21.3 Å². The number of alkyl halides is 3. The zero-order valence-corrected chi connectivity index (χ0v) is 23.0. The highest BCUT2D eigenvalue weighted by Gasteiger charge is 2.37. The van der Waals surface area contributed by atoms with E-state index < -0.39 is 17.8 Å². The zero-order valence-electron chi connectivity index (χ0n) is 23.0. The van der Waals surface area contributed by atoms with Crippen molar-refractivity contribution in [2.45, 2.75) is 63.8 Å². The number of halogens is 3. The van der Waals surface area contributed by atoms with Crippen LogP contribution in [0, 0.1) is 0 Å². The van der Waals surface area contributed by atoms with Crippen molar-refractivity contribution in [2.24, 2.45) is 0 Å². The number of carbonyl (C=O) groups is 2. The van der Waals surface area contributed by atoms with Gasteiger partial charge in [-0.2, -0.15) is 18.2 Å². The third kappa shape index (κ3) is 7.74. The summed E-state index contributed by atoms with van der Waals surface area (Å²) in [5, 5.41) is 11.5. The lowest BCUT2D eigenvalue weighted by molar-refractivity contribution is -0.137. The average Bonchev–Trinajstić information content (AvgIpc) is 2.89. The van der Waals surface area contributed by atoms with Crippen LogP contribution in [0.15, 0.2) is 30.5 Å². The number of piperazine rings is 1. The van der Waals surface area contributed by atoms with Crippen molar-refractivity contribution in [3.05, 3.63) is 41.6 Å². The molecule has 1 aromatic carbocycles. The van der Waals surface area contributed by atoms with Crippen LogP contribution in [-0.4, -0.2) is 83.1 Å². The Hall–Kier alpha value is -3.61. The maximum Gasteiger partial charge on any atom is 0.421 e. The topological polar surface area (TPSA) is 115 Å². The van der Waals surface area contributed by atoms with Gasteiger partial charge in [-0.15, -0.1) is 0 Å². The van der Waals surface area contributed by atoms with Gasteiger partial charge in [-0.05, 0) is 58.0 Å². The zero-order chi connectivity index (χ0) is 28.9. The summed E-state index contributed by atoms with van der Waals surface area (Å²) in [6, 6.07) is 5.48. The van der Waals surface area contributed by atoms with Gasteiger partial charge in [0.1, 0.15) is 11.4 Å². The number of nitrogens with one attached hydrogen (secondary N) is 4. The molecule has 1 aliphatic heterocycles. The second-order valence-corrected chi connectivity index (χ2v) is 10.7. The summed E-state index contributed by atoms with van der Waals surface area (Å²) in [6.07, 6.45) is -1.02. The SMILES string of the molecule is CC(C)NC(=O)N[C@H]1CCCC[C@H]1Nc1nc(Nc2ccc(C(=O)N3CCN(C)CC3)cc2)ncc1C(F)(F)F. The number of aromatic nitrogens is 2. The van der Waals surface area contributed by atoms with Gasteiger partial charge in [0.15, 0.2) is 0 Å². The van der Waals surface area contributed by atoms with Gasteiger partial charge in [0.2, 0.25) is 5.95 Å². The minimum Gasteiger partial charge on any atom is -0.365 e. The highest BCUT2D eigenvalue weighted by molar-refractivity contribution is 5.94. The number of nitrogens with zero attached hydrogens (tertiary/aromatic N) is 4. The molecule has 4 N–H and O–H groups in total. The molecule has 2 atom stereocenters. The smallest absolute Gasteiger partial charge is 0.365 e. The summed E-state index contributed by atoms with van der Waals surface area (Å²) < 4.78 is 41.5. The molecule has 2 aromatic rings. The van der Waals surface area contributed by atoms with E-state index in [4.69, 9.17) is 0 Å². The molecule has 2 aliphatic rings. The van der Waals surface area contributed by atoms with Crippen molar-refractivity contribution in [1.82, 2.24) is 30.4 Å². The van der Waals surface area contributed by atoms with Gasteiger partial charge in [0.05, 0.1) is 6.04 Å². The molecule has 1 aliphatic carbocycles. The Morgan fingerprint density at radius 2 is 1.65 bits per heavy atom. The maximum absolute atomic E-state index is 13.8. The number of rotatable bonds is 7. The van der Waals surface area contributed by atoms with E-state index in [1.807, 2.05) is 20.9 Å². The first-order chi connectivity index (χ1) is 19.0. The molecule has 0 unspecified atom stereocenters. The largest absolute Gasteiger partial charge is 0.421 e. The molecule has 3 amide bonds. The Kier molecular flexibility index (Phi) is 9.33. The number of hydrogen-bond donors (Lipinski definition) is 4. The van der Waals surface area contributed by atoms with E-state index in [1.54, 1.807) is 29.2 Å². The van der Waals surface area contributed by atoms with Crippen LogP contribution in [0.25, 0.3) is 0 Å². The van der Waals surface area contributed by atoms with E-state index in [1.165, 1.54) is 0 Å². The monoisotopic (exact) mass is 562 g/mol. The van der Waals surface area contributed by atoms with Gasteiger partial charge in [-0.1, -0.05) is 12.8 Å². The first-order valence-electron chi connectivity index (χ1n) is 13.6. The molecule has 40 heavy (non-hydrogen) atoms. The van der Waals surface area contributed by atoms with Crippen LogP contribution in [0.1, 0.15) is 55.5 Å². The number of hydrogen-bond acceptors (Lipinski definition) is 7. The second-order valence-electron chi connectivity index (χ2n) is 10.7. The quantitative estimate of drug-likeness (QED) is 0.403. The lowest BCUT2D eigenvalue weighted by Crippen LogP contribution is -2.52. The molecule has 218 valence electrons. The molecule has 1 aromatic heterocycles. The van der Waals surface area contributed by atoms with E-state index in [2.05, 4.69) is 36.1 Å². The van der Waals surface area contributed by atoms with Gasteiger partial charge < -0.3 is 31.1 Å². The van der Waals surface area contributed by atoms with E-state index in [9.17, 15) is 22.8 Å². The van der Waals surface area contributed by atoms with Crippen molar-refractivity contribution in [1.29, 1.82) is 0 Å². The van der Waals surface area contributed by atoms with Crippen molar-refractivity contribution in [3.8, 4) is 0 Å². The van der Waals surface area contributed by atoms with Crippen LogP contribution in [0.5, 0.6) is 0 Å². The minimum atomic E-state index is -4.67. The number of carbonyl (C=O) groups excluding carboxylic acids is 2. The molecule has 10 nitrogen and oxygen atoms in total. The van der Waals surface area contributed by atoms with Crippen LogP contribution >= 0.6 is 0 Å². The molecule has 1 saturated carbocycles. The number of urea groups is 1. The first kappa shape index (κ1) is 29.4. The fraction of sp³-hybridized carbons (Fsp3) is 0.556. The summed E-state index contributed by atoms with van der Waals surface area (Å²) in [4.78, 5) is 37.1. The lowest BCUT2D eigenvalue weighted by atomic mass is 9.90. The van der Waals surface area contributed by atoms with E-state index in [-0.39, 0.29) is 35.8 Å². The lowest BCUT2D eigenvalue weighted by Gasteiger charge is -2.34. The Balaban J connectivity index is 1.48. The molecular formula is C27H37F3N8O2. The predicted molar refractivity (Wildman–Crippen MR) is 147 cm³/mol. The maximum atomic E-state index is 13.8. The summed E-state index contributed by atoms with van der Waals surface area (Å²) in [5.41, 5.74) is 0.0773. The Bertz CT molecular complexity index is 1170. The second kappa shape index (κ2) is 12.7. The number of likely N-dealkylation sites (N-methyl/N-ethyl adjacent to an activating group) is 1. The van der Waals surface area contributed by atoms with Crippen molar-refractivity contribution >= 4 is 29.4 Å². The van der Waals surface area contributed by atoms with Crippen LogP contribution in [0.4, 0.5) is 35.4 Å². The molecule has 0 bridgehead atoms. The van der Waals surface area contributed by atoms with Gasteiger partial charge in [-0.3, -0.25) is 4.79 Å². The van der Waals surface area contributed by atoms with Crippen LogP contribution in [0.3, 0.4) is 0 Å². The average molecular weight is 563 g/mol. The molecule has 0 spiro atoms. The Morgan fingerprint density at radius 3 is 2.27 bits per heavy atom. The standard InChI is InChI=1S/C27H37F3N8O2/c1-17(2)32-26(40)35-22-7-5-4-6-21(22)34-23-20(27(28,29)30)16-31-25(36-23)33-19-10-8-18(9-11-19)24(39)38-14-12-37(3)13-15-38/h8-11,16-17,21-22H,4-7,12-15H2,1-3H3,(H2,32,35,40)(H2,31,33,34,36)/t21-,22+/m1/s1. The first-order valence-corrected chi connectivity index (χ1v) is 13.6. The fourth-order valence-electron chi connectivity index (χ4n) is 4.90. The van der Waals surface area contributed by atoms with Crippen LogP contribution in [0.2, 0.25) is 0 Å². The normalized spacial score (nSPS) is 20.2. The van der Waals surface area contributed by atoms with E-state index in [0.29, 0.717) is 37.2 Å². The summed E-state index contributed by atoms with van der Waals surface area (Å²) in [7, 11) is 2.02. The molecular weight excluding hydrogens is 525 g/mol. The molecule has 2 fully saturated rings. The Labute approximate surface area is 232 Å². The third-order valence-corrected chi connectivity index (χ3v) is 7.10. The van der Waals surface area contributed by atoms with Gasteiger partial charge in [0, 0.05) is 55.7 Å². The van der Waals surface area contributed by atoms with Gasteiger partial charge in [-0.25, -0.2) is 9.78 Å². The van der Waals surface area contributed by atoms with Gasteiger partial charge in [0.25, 0.3) is 5.91 Å². The van der Waals surface area contributed by atoms with Gasteiger partial charge >= 0.3 is 12.2 Å². The summed E-state index contributed by atoms with van der Waals surface area (Å²) in [5.74, 6) is -0.434.